The molecular weight excluding hydrogens is 341 g/mol. The lowest BCUT2D eigenvalue weighted by molar-refractivity contribution is -0.274. The van der Waals surface area contributed by atoms with Crippen LogP contribution in [0.4, 0.5) is 30.4 Å². The average molecular weight is 351 g/mol. The lowest BCUT2D eigenvalue weighted by atomic mass is 10.3. The highest BCUT2D eigenvalue weighted by atomic mass is 79.9. The number of nitrogen functional groups attached to an aromatic ring is 1. The van der Waals surface area contributed by atoms with Crippen LogP contribution in [-0.2, 0) is 7.05 Å². The topological polar surface area (TPSA) is 65.1 Å². The third-order valence-electron chi connectivity index (χ3n) is 2.28. The van der Waals surface area contributed by atoms with Crippen molar-refractivity contribution < 1.29 is 17.9 Å². The van der Waals surface area contributed by atoms with E-state index in [1.807, 2.05) is 0 Å². The molecule has 2 aromatic rings. The molecular formula is C11H10BrF3N4O. The van der Waals surface area contributed by atoms with Crippen LogP contribution in [0.3, 0.4) is 0 Å². The van der Waals surface area contributed by atoms with Crippen LogP contribution in [0.15, 0.2) is 28.9 Å². The van der Waals surface area contributed by atoms with Crippen molar-refractivity contribution in [3.05, 3.63) is 28.9 Å². The summed E-state index contributed by atoms with van der Waals surface area (Å²) in [5.74, 6) is 0.0981. The number of benzene rings is 1. The molecule has 0 unspecified atom stereocenters. The first-order valence-corrected chi connectivity index (χ1v) is 6.15. The molecule has 0 amide bonds. The van der Waals surface area contributed by atoms with Crippen LogP contribution in [0.2, 0.25) is 0 Å². The Balaban J connectivity index is 2.19. The molecule has 9 heteroatoms. The van der Waals surface area contributed by atoms with E-state index in [4.69, 9.17) is 5.73 Å². The highest BCUT2D eigenvalue weighted by molar-refractivity contribution is 9.10. The van der Waals surface area contributed by atoms with E-state index in [2.05, 4.69) is 31.1 Å². The van der Waals surface area contributed by atoms with E-state index >= 15 is 0 Å². The highest BCUT2D eigenvalue weighted by Gasteiger charge is 2.31. The molecule has 20 heavy (non-hydrogen) atoms. The van der Waals surface area contributed by atoms with Gasteiger partial charge in [-0.05, 0) is 34.1 Å². The van der Waals surface area contributed by atoms with Crippen LogP contribution in [-0.4, -0.2) is 16.1 Å². The van der Waals surface area contributed by atoms with Crippen LogP contribution in [0.1, 0.15) is 0 Å². The first-order valence-electron chi connectivity index (χ1n) is 5.36. The van der Waals surface area contributed by atoms with Crippen molar-refractivity contribution in [3.63, 3.8) is 0 Å². The molecule has 0 aliphatic heterocycles. The van der Waals surface area contributed by atoms with E-state index in [-0.39, 0.29) is 10.2 Å². The number of nitrogens with one attached hydrogen (secondary N) is 1. The summed E-state index contributed by atoms with van der Waals surface area (Å²) >= 11 is 3.02. The van der Waals surface area contributed by atoms with Crippen molar-refractivity contribution in [1.82, 2.24) is 9.78 Å². The number of aromatic nitrogens is 2. The first kappa shape index (κ1) is 14.5. The number of hydrogen-bond donors (Lipinski definition) is 2. The van der Waals surface area contributed by atoms with Gasteiger partial charge in [0.05, 0.1) is 10.2 Å². The molecule has 3 N–H and O–H groups in total. The molecule has 0 radical (unpaired) electrons. The number of nitrogens with zero attached hydrogens (tertiary/aromatic N) is 2. The maximum Gasteiger partial charge on any atom is 0.573 e. The van der Waals surface area contributed by atoms with Crippen molar-refractivity contribution in [2.24, 2.45) is 7.05 Å². The van der Waals surface area contributed by atoms with Crippen LogP contribution in [0.5, 0.6) is 5.75 Å². The monoisotopic (exact) mass is 350 g/mol. The third kappa shape index (κ3) is 3.56. The van der Waals surface area contributed by atoms with Gasteiger partial charge in [-0.15, -0.1) is 13.2 Å². The number of halogens is 4. The zero-order chi connectivity index (χ0) is 14.9. The largest absolute Gasteiger partial charge is 0.573 e. The zero-order valence-corrected chi connectivity index (χ0v) is 11.8. The van der Waals surface area contributed by atoms with Gasteiger partial charge in [0.15, 0.2) is 5.82 Å². The van der Waals surface area contributed by atoms with Crippen molar-refractivity contribution >= 4 is 33.1 Å². The van der Waals surface area contributed by atoms with E-state index in [9.17, 15) is 13.2 Å². The summed E-state index contributed by atoms with van der Waals surface area (Å²) in [5, 5.41) is 6.97. The Kier molecular flexibility index (Phi) is 3.80. The maximum absolute atomic E-state index is 12.1. The van der Waals surface area contributed by atoms with Crippen molar-refractivity contribution in [2.45, 2.75) is 6.36 Å². The molecule has 2 rings (SSSR count). The molecule has 0 atom stereocenters. The number of hydrogen-bond acceptors (Lipinski definition) is 4. The molecule has 0 bridgehead atoms. The normalized spacial score (nSPS) is 11.4. The number of aryl methyl sites for hydroxylation is 1. The van der Waals surface area contributed by atoms with E-state index in [1.54, 1.807) is 13.2 Å². The Bertz CT molecular complexity index is 627. The van der Waals surface area contributed by atoms with Crippen LogP contribution >= 0.6 is 15.9 Å². The summed E-state index contributed by atoms with van der Waals surface area (Å²) in [6.07, 6.45) is -3.12. The van der Waals surface area contributed by atoms with Crippen LogP contribution in [0.25, 0.3) is 0 Å². The second kappa shape index (κ2) is 5.23. The quantitative estimate of drug-likeness (QED) is 0.890. The fourth-order valence-electron chi connectivity index (χ4n) is 1.53. The smallest absolute Gasteiger partial charge is 0.405 e. The number of alkyl halides is 3. The summed E-state index contributed by atoms with van der Waals surface area (Å²) in [4.78, 5) is 0. The molecule has 0 saturated heterocycles. The van der Waals surface area contributed by atoms with Crippen molar-refractivity contribution in [1.29, 1.82) is 0 Å². The van der Waals surface area contributed by atoms with Gasteiger partial charge < -0.3 is 15.8 Å². The van der Waals surface area contributed by atoms with Gasteiger partial charge in [0, 0.05) is 18.9 Å². The van der Waals surface area contributed by atoms with E-state index in [0.717, 1.165) is 0 Å². The Morgan fingerprint density at radius 1 is 1.40 bits per heavy atom. The molecule has 1 aromatic heterocycles. The first-order chi connectivity index (χ1) is 9.24. The lowest BCUT2D eigenvalue weighted by Crippen LogP contribution is -2.17. The van der Waals surface area contributed by atoms with E-state index < -0.39 is 6.36 Å². The molecule has 1 aromatic carbocycles. The van der Waals surface area contributed by atoms with Crippen molar-refractivity contribution in [3.8, 4) is 5.75 Å². The van der Waals surface area contributed by atoms with Gasteiger partial charge in [-0.3, -0.25) is 4.68 Å². The summed E-state index contributed by atoms with van der Waals surface area (Å²) in [5.41, 5.74) is 6.66. The minimum atomic E-state index is -4.73. The van der Waals surface area contributed by atoms with Crippen LogP contribution in [0, 0.1) is 0 Å². The SMILES string of the molecule is Cn1cc(N)c(Nc2ccc(OC(F)(F)F)c(Br)c2)n1. The molecule has 108 valence electrons. The van der Waals surface area contributed by atoms with Crippen LogP contribution < -0.4 is 15.8 Å². The Hall–Kier alpha value is -1.90. The van der Waals surface area contributed by atoms with E-state index in [0.29, 0.717) is 17.2 Å². The van der Waals surface area contributed by atoms with Gasteiger partial charge in [-0.2, -0.15) is 5.10 Å². The van der Waals surface area contributed by atoms with Crippen molar-refractivity contribution in [2.75, 3.05) is 11.1 Å². The molecule has 5 nitrogen and oxygen atoms in total. The number of anilines is 3. The molecule has 0 spiro atoms. The minimum Gasteiger partial charge on any atom is -0.405 e. The maximum atomic E-state index is 12.1. The molecule has 0 aliphatic rings. The average Bonchev–Trinajstić information content (AvgIpc) is 2.60. The van der Waals surface area contributed by atoms with Gasteiger partial charge in [-0.25, -0.2) is 0 Å². The number of nitrogens with two attached hydrogens (primary N) is 1. The Morgan fingerprint density at radius 3 is 2.60 bits per heavy atom. The number of rotatable bonds is 3. The predicted octanol–water partition coefficient (Wildman–Crippen LogP) is 3.41. The van der Waals surface area contributed by atoms with Gasteiger partial charge in [-0.1, -0.05) is 0 Å². The van der Waals surface area contributed by atoms with Gasteiger partial charge in [0.25, 0.3) is 0 Å². The molecule has 0 fully saturated rings. The summed E-state index contributed by atoms with van der Waals surface area (Å²) < 4.78 is 41.9. The minimum absolute atomic E-state index is 0.161. The lowest BCUT2D eigenvalue weighted by Gasteiger charge is -2.12. The second-order valence-electron chi connectivity index (χ2n) is 3.92. The predicted molar refractivity (Wildman–Crippen MR) is 71.7 cm³/mol. The van der Waals surface area contributed by atoms with Gasteiger partial charge in [0.2, 0.25) is 0 Å². The Labute approximate surface area is 120 Å². The second-order valence-corrected chi connectivity index (χ2v) is 4.78. The zero-order valence-electron chi connectivity index (χ0n) is 10.2. The number of ether oxygens (including phenoxy) is 1. The molecule has 1 heterocycles. The summed E-state index contributed by atoms with van der Waals surface area (Å²) in [7, 11) is 1.71. The fraction of sp³-hybridized carbons (Fsp3) is 0.182. The fourth-order valence-corrected chi connectivity index (χ4v) is 1.99. The van der Waals surface area contributed by atoms with Gasteiger partial charge in [0.1, 0.15) is 5.75 Å². The molecule has 0 aliphatic carbocycles. The summed E-state index contributed by atoms with van der Waals surface area (Å²) in [6, 6.07) is 4.06. The van der Waals surface area contributed by atoms with Gasteiger partial charge >= 0.3 is 6.36 Å². The third-order valence-corrected chi connectivity index (χ3v) is 2.90. The molecule has 0 saturated carbocycles. The highest BCUT2D eigenvalue weighted by Crippen LogP contribution is 2.33. The standard InChI is InChI=1S/C11H10BrF3N4O/c1-19-5-8(16)10(18-19)17-6-2-3-9(7(12)4-6)20-11(13,14)15/h2-5H,16H2,1H3,(H,17,18). The van der Waals surface area contributed by atoms with E-state index in [1.165, 1.54) is 22.9 Å². The summed E-state index contributed by atoms with van der Waals surface area (Å²) in [6.45, 7) is 0. The Morgan fingerprint density at radius 2 is 2.10 bits per heavy atom.